The molecule has 1 N–H and O–H groups in total. The number of nitrogens with one attached hydrogen (secondary N) is 1. The zero-order valence-electron chi connectivity index (χ0n) is 12.4. The molecule has 0 aromatic carbocycles. The molecule has 0 atom stereocenters. The summed E-state index contributed by atoms with van der Waals surface area (Å²) in [5, 5.41) is 2.65. The fourth-order valence-corrected chi connectivity index (χ4v) is 1.32. The minimum Gasteiger partial charge on any atom is -0.444 e. The van der Waals surface area contributed by atoms with Crippen LogP contribution < -0.4 is 5.32 Å². The summed E-state index contributed by atoms with van der Waals surface area (Å²) in [5.41, 5.74) is 0.592. The van der Waals surface area contributed by atoms with Gasteiger partial charge in [0.25, 0.3) is 0 Å². The Balaban J connectivity index is 2.54. The summed E-state index contributed by atoms with van der Waals surface area (Å²) in [6.45, 7) is 6.95. The fraction of sp³-hybridized carbons (Fsp3) is 0.538. The van der Waals surface area contributed by atoms with Gasteiger partial charge in [-0.25, -0.2) is 14.8 Å². The molecule has 1 rings (SSSR count). The predicted octanol–water partition coefficient (Wildman–Crippen LogP) is 1.59. The number of hydrogen-bond donors (Lipinski definition) is 1. The van der Waals surface area contributed by atoms with E-state index in [1.807, 2.05) is 0 Å². The van der Waals surface area contributed by atoms with Crippen molar-refractivity contribution >= 4 is 17.7 Å². The largest absolute Gasteiger partial charge is 0.444 e. The lowest BCUT2D eigenvalue weighted by Crippen LogP contribution is -2.38. The molecule has 0 spiro atoms. The van der Waals surface area contributed by atoms with Crippen LogP contribution in [0.15, 0.2) is 12.5 Å². The number of ether oxygens (including phenoxy) is 1. The summed E-state index contributed by atoms with van der Waals surface area (Å²) in [7, 11) is 1.50. The van der Waals surface area contributed by atoms with Crippen LogP contribution in [0.5, 0.6) is 0 Å². The van der Waals surface area contributed by atoms with E-state index < -0.39 is 11.7 Å². The van der Waals surface area contributed by atoms with Gasteiger partial charge in [-0.1, -0.05) is 0 Å². The highest BCUT2D eigenvalue weighted by Crippen LogP contribution is 2.10. The van der Waals surface area contributed by atoms with Crippen molar-refractivity contribution in [1.82, 2.24) is 14.9 Å². The minimum absolute atomic E-state index is 0.108. The van der Waals surface area contributed by atoms with Gasteiger partial charge in [-0.05, 0) is 27.7 Å². The first-order chi connectivity index (χ1) is 9.19. The highest BCUT2D eigenvalue weighted by atomic mass is 16.6. The molecule has 1 heterocycles. The third-order valence-corrected chi connectivity index (χ3v) is 2.27. The molecule has 0 radical (unpaired) electrons. The van der Waals surface area contributed by atoms with E-state index in [2.05, 4.69) is 15.3 Å². The third-order valence-electron chi connectivity index (χ3n) is 2.27. The molecule has 0 saturated carbocycles. The maximum Gasteiger partial charge on any atom is 0.410 e. The zero-order chi connectivity index (χ0) is 15.3. The van der Waals surface area contributed by atoms with E-state index in [1.165, 1.54) is 24.5 Å². The summed E-state index contributed by atoms with van der Waals surface area (Å²) < 4.78 is 5.16. The van der Waals surface area contributed by atoms with Crippen molar-refractivity contribution in [2.24, 2.45) is 0 Å². The standard InChI is InChI=1S/C13H20N4O3/c1-9-10(6-14-8-15-9)16-11(18)7-17(5)12(19)20-13(2,3)4/h6,8H,7H2,1-5H3,(H,16,18). The Morgan fingerprint density at radius 1 is 1.40 bits per heavy atom. The highest BCUT2D eigenvalue weighted by Gasteiger charge is 2.21. The fourth-order valence-electron chi connectivity index (χ4n) is 1.32. The van der Waals surface area contributed by atoms with Gasteiger partial charge in [0, 0.05) is 7.05 Å². The van der Waals surface area contributed by atoms with Gasteiger partial charge in [0.05, 0.1) is 17.6 Å². The molecule has 0 fully saturated rings. The molecule has 2 amide bonds. The average molecular weight is 280 g/mol. The second-order valence-electron chi connectivity index (χ2n) is 5.41. The molecule has 1 aromatic heterocycles. The predicted molar refractivity (Wildman–Crippen MR) is 74.3 cm³/mol. The monoisotopic (exact) mass is 280 g/mol. The smallest absolute Gasteiger partial charge is 0.410 e. The molecule has 0 unspecified atom stereocenters. The number of aromatic nitrogens is 2. The van der Waals surface area contributed by atoms with Crippen LogP contribution in [-0.4, -0.2) is 46.1 Å². The number of nitrogens with zero attached hydrogens (tertiary/aromatic N) is 3. The molecule has 7 nitrogen and oxygen atoms in total. The SMILES string of the molecule is Cc1ncncc1NC(=O)CN(C)C(=O)OC(C)(C)C. The van der Waals surface area contributed by atoms with E-state index in [9.17, 15) is 9.59 Å². The number of likely N-dealkylation sites (N-methyl/N-ethyl adjacent to an activating group) is 1. The first kappa shape index (κ1) is 15.9. The van der Waals surface area contributed by atoms with E-state index in [0.29, 0.717) is 11.4 Å². The molecule has 0 aliphatic heterocycles. The second-order valence-corrected chi connectivity index (χ2v) is 5.41. The van der Waals surface area contributed by atoms with E-state index in [-0.39, 0.29) is 12.5 Å². The molecule has 0 aliphatic rings. The van der Waals surface area contributed by atoms with Crippen LogP contribution in [0.2, 0.25) is 0 Å². The topological polar surface area (TPSA) is 84.4 Å². The van der Waals surface area contributed by atoms with Crippen LogP contribution in [0.4, 0.5) is 10.5 Å². The minimum atomic E-state index is -0.592. The summed E-state index contributed by atoms with van der Waals surface area (Å²) in [6.07, 6.45) is 2.36. The number of carbonyl (C=O) groups is 2. The van der Waals surface area contributed by atoms with Crippen molar-refractivity contribution in [2.45, 2.75) is 33.3 Å². The molecule has 1 aromatic rings. The van der Waals surface area contributed by atoms with Crippen molar-refractivity contribution in [2.75, 3.05) is 18.9 Å². The Labute approximate surface area is 118 Å². The lowest BCUT2D eigenvalue weighted by molar-refractivity contribution is -0.117. The first-order valence-electron chi connectivity index (χ1n) is 6.19. The normalized spacial score (nSPS) is 10.8. The van der Waals surface area contributed by atoms with Gasteiger partial charge in [-0.15, -0.1) is 0 Å². The van der Waals surface area contributed by atoms with Gasteiger partial charge in [-0.2, -0.15) is 0 Å². The molecule has 0 bridgehead atoms. The maximum atomic E-state index is 11.8. The van der Waals surface area contributed by atoms with E-state index in [0.717, 1.165) is 0 Å². The number of carbonyl (C=O) groups excluding carboxylic acids is 2. The van der Waals surface area contributed by atoms with Gasteiger partial charge in [-0.3, -0.25) is 4.79 Å². The summed E-state index contributed by atoms with van der Waals surface area (Å²) in [6, 6.07) is 0. The van der Waals surface area contributed by atoms with Gasteiger partial charge in [0.15, 0.2) is 0 Å². The number of aryl methyl sites for hydroxylation is 1. The van der Waals surface area contributed by atoms with Crippen LogP contribution in [0.1, 0.15) is 26.5 Å². The van der Waals surface area contributed by atoms with Crippen molar-refractivity contribution in [3.8, 4) is 0 Å². The Morgan fingerprint density at radius 3 is 2.60 bits per heavy atom. The van der Waals surface area contributed by atoms with Crippen molar-refractivity contribution < 1.29 is 14.3 Å². The van der Waals surface area contributed by atoms with Gasteiger partial charge in [0.2, 0.25) is 5.91 Å². The summed E-state index contributed by atoms with van der Waals surface area (Å²) in [5.74, 6) is -0.337. The van der Waals surface area contributed by atoms with E-state index in [1.54, 1.807) is 27.7 Å². The number of hydrogen-bond acceptors (Lipinski definition) is 5. The Morgan fingerprint density at radius 2 is 2.05 bits per heavy atom. The second kappa shape index (κ2) is 6.31. The van der Waals surface area contributed by atoms with E-state index in [4.69, 9.17) is 4.74 Å². The van der Waals surface area contributed by atoms with Crippen molar-refractivity contribution in [3.05, 3.63) is 18.2 Å². The lowest BCUT2D eigenvalue weighted by Gasteiger charge is -2.24. The van der Waals surface area contributed by atoms with Crippen LogP contribution >= 0.6 is 0 Å². The molecular weight excluding hydrogens is 260 g/mol. The van der Waals surface area contributed by atoms with Gasteiger partial charge in [0.1, 0.15) is 18.5 Å². The Hall–Kier alpha value is -2.18. The summed E-state index contributed by atoms with van der Waals surface area (Å²) in [4.78, 5) is 32.5. The Bertz CT molecular complexity index is 497. The third kappa shape index (κ3) is 5.21. The van der Waals surface area contributed by atoms with Crippen LogP contribution in [0.3, 0.4) is 0 Å². The number of amides is 2. The van der Waals surface area contributed by atoms with Crippen LogP contribution in [0, 0.1) is 6.92 Å². The molecule has 110 valence electrons. The molecule has 20 heavy (non-hydrogen) atoms. The lowest BCUT2D eigenvalue weighted by atomic mass is 10.2. The first-order valence-corrected chi connectivity index (χ1v) is 6.19. The highest BCUT2D eigenvalue weighted by molar-refractivity contribution is 5.94. The Kier molecular flexibility index (Phi) is 5.01. The van der Waals surface area contributed by atoms with Crippen LogP contribution in [-0.2, 0) is 9.53 Å². The maximum absolute atomic E-state index is 11.8. The number of rotatable bonds is 3. The molecule has 0 aliphatic carbocycles. The van der Waals surface area contributed by atoms with Crippen molar-refractivity contribution in [3.63, 3.8) is 0 Å². The van der Waals surface area contributed by atoms with Gasteiger partial charge < -0.3 is 15.0 Å². The molecule has 7 heteroatoms. The van der Waals surface area contributed by atoms with Crippen molar-refractivity contribution in [1.29, 1.82) is 0 Å². The average Bonchev–Trinajstić information content (AvgIpc) is 2.29. The van der Waals surface area contributed by atoms with Gasteiger partial charge >= 0.3 is 6.09 Å². The number of anilines is 1. The quantitative estimate of drug-likeness (QED) is 0.908. The zero-order valence-corrected chi connectivity index (χ0v) is 12.4. The van der Waals surface area contributed by atoms with E-state index >= 15 is 0 Å². The molecular formula is C13H20N4O3. The molecule has 0 saturated heterocycles. The summed E-state index contributed by atoms with van der Waals surface area (Å²) >= 11 is 0. The van der Waals surface area contributed by atoms with Crippen LogP contribution in [0.25, 0.3) is 0 Å².